The summed E-state index contributed by atoms with van der Waals surface area (Å²) in [4.78, 5) is 20.5. The number of rotatable bonds is 21. The second-order valence-corrected chi connectivity index (χ2v) is 15.4. The molecule has 6 rings (SSSR count). The molecule has 6 aromatic carbocycles. The van der Waals surface area contributed by atoms with Crippen molar-refractivity contribution in [3.05, 3.63) is 196 Å². The van der Waals surface area contributed by atoms with Crippen molar-refractivity contribution in [2.75, 3.05) is 0 Å². The summed E-state index contributed by atoms with van der Waals surface area (Å²) in [5.41, 5.74) is 3.41. The van der Waals surface area contributed by atoms with Crippen LogP contribution in [0.15, 0.2) is 140 Å². The van der Waals surface area contributed by atoms with Crippen LogP contribution in [0.4, 0.5) is 17.6 Å². The predicted octanol–water partition coefficient (Wildman–Crippen LogP) is 15.4. The molecule has 0 aliphatic rings. The molecule has 0 aromatic heterocycles. The van der Waals surface area contributed by atoms with Gasteiger partial charge in [0.25, 0.3) is 0 Å². The Kier molecular flexibility index (Phi) is 26.1. The molecule has 0 bridgehead atoms. The third-order valence-corrected chi connectivity index (χ3v) is 10.0. The third-order valence-electron chi connectivity index (χ3n) is 10.0. The molecule has 2 N–H and O–H groups in total. The van der Waals surface area contributed by atoms with Crippen LogP contribution in [0.3, 0.4) is 0 Å². The molecule has 10 heteroatoms. The topological polar surface area (TPSA) is 93.1 Å². The Morgan fingerprint density at radius 3 is 1.39 bits per heavy atom. The van der Waals surface area contributed by atoms with E-state index in [0.717, 1.165) is 36.5 Å². The summed E-state index contributed by atoms with van der Waals surface area (Å²) in [6, 6.07) is 36.5. The molecule has 0 fully saturated rings. The van der Waals surface area contributed by atoms with Crippen molar-refractivity contribution < 1.29 is 46.8 Å². The summed E-state index contributed by atoms with van der Waals surface area (Å²) in [6.07, 6.45) is 18.8. The number of aromatic hydroxyl groups is 2. The zero-order chi connectivity index (χ0) is 47.8. The first kappa shape index (κ1) is 53.7. The summed E-state index contributed by atoms with van der Waals surface area (Å²) in [5.74, 6) is -0.981. The standard InChI is InChI=1S/C21H25FO.C14H11FO2.C14H21FO.C7H5FO2/c1-2-3-4-5-6-10-13-19-14-15-20(16-21(19)22)23-17-18-11-8-7-9-12-18;15-14-8-13(7-6-12(14)9-16)17-10-11-4-2-1-3-5-11;1-2-3-4-5-6-7-8-12-9-10-13(16)11-14(12)15;8-7-3-6(10)2-1-5(7)4-9/h7-16H,2-6,17H2,1H3;1-9H,10H2;9-11,16H,2-8H2,1H3;1-4,10H/b13-10+;;;. The van der Waals surface area contributed by atoms with E-state index in [4.69, 9.17) is 19.7 Å². The number of hydrogen-bond donors (Lipinski definition) is 2. The van der Waals surface area contributed by atoms with Crippen LogP contribution >= 0.6 is 0 Å². The molecule has 0 atom stereocenters. The van der Waals surface area contributed by atoms with Crippen LogP contribution in [0.25, 0.3) is 6.08 Å². The number of unbranched alkanes of at least 4 members (excludes halogenated alkanes) is 9. The van der Waals surface area contributed by atoms with Gasteiger partial charge in [-0.25, -0.2) is 17.6 Å². The number of phenols is 2. The van der Waals surface area contributed by atoms with Crippen molar-refractivity contribution in [3.63, 3.8) is 0 Å². The summed E-state index contributed by atoms with van der Waals surface area (Å²) in [5, 5.41) is 17.7. The second kappa shape index (κ2) is 32.1. The third kappa shape index (κ3) is 21.8. The monoisotopic (exact) mass is 906 g/mol. The average Bonchev–Trinajstić information content (AvgIpc) is 3.32. The Labute approximate surface area is 387 Å². The fourth-order valence-corrected chi connectivity index (χ4v) is 6.25. The summed E-state index contributed by atoms with van der Waals surface area (Å²) in [7, 11) is 0. The van der Waals surface area contributed by atoms with Gasteiger partial charge in [-0.1, -0.05) is 144 Å². The maximum atomic E-state index is 14.1. The van der Waals surface area contributed by atoms with Crippen molar-refractivity contribution >= 4 is 18.6 Å². The highest BCUT2D eigenvalue weighted by Gasteiger charge is 2.06. The first-order chi connectivity index (χ1) is 32.1. The molecule has 350 valence electrons. The molecule has 0 saturated heterocycles. The van der Waals surface area contributed by atoms with E-state index in [0.29, 0.717) is 48.4 Å². The van der Waals surface area contributed by atoms with Gasteiger partial charge in [0.15, 0.2) is 12.6 Å². The maximum Gasteiger partial charge on any atom is 0.152 e. The highest BCUT2D eigenvalue weighted by molar-refractivity contribution is 5.75. The number of aldehydes is 2. The van der Waals surface area contributed by atoms with Crippen molar-refractivity contribution in [2.24, 2.45) is 0 Å². The van der Waals surface area contributed by atoms with Gasteiger partial charge in [-0.05, 0) is 84.8 Å². The minimum Gasteiger partial charge on any atom is -0.508 e. The molecule has 0 saturated carbocycles. The molecular weight excluding hydrogens is 845 g/mol. The highest BCUT2D eigenvalue weighted by Crippen LogP contribution is 2.21. The Balaban J connectivity index is 0.000000242. The van der Waals surface area contributed by atoms with Gasteiger partial charge >= 0.3 is 0 Å². The summed E-state index contributed by atoms with van der Waals surface area (Å²) >= 11 is 0. The fraction of sp³-hybridized carbons (Fsp3) is 0.286. The quantitative estimate of drug-likeness (QED) is 0.0425. The number of hydrogen-bond acceptors (Lipinski definition) is 6. The number of phenolic OH excluding ortho intramolecular Hbond substituents is 2. The van der Waals surface area contributed by atoms with E-state index in [2.05, 4.69) is 19.9 Å². The van der Waals surface area contributed by atoms with Crippen molar-refractivity contribution in [1.29, 1.82) is 0 Å². The number of carbonyl (C=O) groups is 2. The summed E-state index contributed by atoms with van der Waals surface area (Å²) in [6.45, 7) is 5.23. The first-order valence-electron chi connectivity index (χ1n) is 22.5. The molecule has 6 aromatic rings. The van der Waals surface area contributed by atoms with Crippen molar-refractivity contribution in [1.82, 2.24) is 0 Å². The first-order valence-corrected chi connectivity index (χ1v) is 22.5. The lowest BCUT2D eigenvalue weighted by atomic mass is 10.0. The van der Waals surface area contributed by atoms with E-state index < -0.39 is 11.6 Å². The van der Waals surface area contributed by atoms with E-state index in [1.54, 1.807) is 24.3 Å². The van der Waals surface area contributed by atoms with E-state index in [1.165, 1.54) is 94.2 Å². The number of aryl methyl sites for hydroxylation is 1. The molecule has 0 unspecified atom stereocenters. The maximum absolute atomic E-state index is 14.1. The van der Waals surface area contributed by atoms with Crippen LogP contribution in [0, 0.1) is 23.3 Å². The van der Waals surface area contributed by atoms with E-state index in [-0.39, 0.29) is 34.3 Å². The molecule has 0 spiro atoms. The van der Waals surface area contributed by atoms with Crippen LogP contribution in [0.1, 0.15) is 127 Å². The van der Waals surface area contributed by atoms with E-state index in [9.17, 15) is 27.2 Å². The lowest BCUT2D eigenvalue weighted by molar-refractivity contribution is 0.111. The SMILES string of the molecule is CCCCCC/C=C/c1ccc(OCc2ccccc2)cc1F.CCCCCCCCc1ccc(O)cc1F.O=Cc1ccc(O)cc1F.O=Cc1ccc(OCc2ccccc2)cc1F. The molecule has 0 radical (unpaired) electrons. The number of carbonyl (C=O) groups excluding carboxylic acids is 2. The lowest BCUT2D eigenvalue weighted by Crippen LogP contribution is -1.96. The van der Waals surface area contributed by atoms with Gasteiger partial charge in [-0.2, -0.15) is 0 Å². The Morgan fingerprint density at radius 1 is 0.470 bits per heavy atom. The molecule has 6 nitrogen and oxygen atoms in total. The second-order valence-electron chi connectivity index (χ2n) is 15.4. The van der Waals surface area contributed by atoms with Crippen LogP contribution in [0.2, 0.25) is 0 Å². The number of halogens is 4. The fourth-order valence-electron chi connectivity index (χ4n) is 6.25. The molecule has 0 aliphatic heterocycles. The average molecular weight is 907 g/mol. The van der Waals surface area contributed by atoms with Crippen LogP contribution < -0.4 is 9.47 Å². The Hall–Kier alpha value is -6.68. The molecular formula is C56H62F4O6. The minimum absolute atomic E-state index is 0.00388. The summed E-state index contributed by atoms with van der Waals surface area (Å²) < 4.78 is 64.2. The van der Waals surface area contributed by atoms with Crippen LogP contribution in [0.5, 0.6) is 23.0 Å². The zero-order valence-corrected chi connectivity index (χ0v) is 37.9. The van der Waals surface area contributed by atoms with E-state index in [1.807, 2.05) is 72.8 Å². The van der Waals surface area contributed by atoms with Gasteiger partial charge in [0.05, 0.1) is 11.1 Å². The largest absolute Gasteiger partial charge is 0.508 e. The smallest absolute Gasteiger partial charge is 0.152 e. The predicted molar refractivity (Wildman–Crippen MR) is 256 cm³/mol. The molecule has 0 aliphatic carbocycles. The lowest BCUT2D eigenvalue weighted by Gasteiger charge is -2.07. The van der Waals surface area contributed by atoms with Gasteiger partial charge < -0.3 is 19.7 Å². The number of benzene rings is 6. The zero-order valence-electron chi connectivity index (χ0n) is 37.9. The van der Waals surface area contributed by atoms with Gasteiger partial charge in [0.2, 0.25) is 0 Å². The number of allylic oxidation sites excluding steroid dienone is 1. The Bertz CT molecular complexity index is 2320. The number of ether oxygens (including phenoxy) is 2. The van der Waals surface area contributed by atoms with Crippen molar-refractivity contribution in [2.45, 2.75) is 104 Å². The highest BCUT2D eigenvalue weighted by atomic mass is 19.1. The van der Waals surface area contributed by atoms with Crippen LogP contribution in [-0.4, -0.2) is 22.8 Å². The van der Waals surface area contributed by atoms with Gasteiger partial charge in [-0.3, -0.25) is 9.59 Å². The molecule has 0 heterocycles. The van der Waals surface area contributed by atoms with Gasteiger partial charge in [0.1, 0.15) is 59.5 Å². The van der Waals surface area contributed by atoms with Crippen molar-refractivity contribution in [3.8, 4) is 23.0 Å². The van der Waals surface area contributed by atoms with Gasteiger partial charge in [-0.15, -0.1) is 0 Å². The van der Waals surface area contributed by atoms with Crippen LogP contribution in [-0.2, 0) is 19.6 Å². The molecule has 66 heavy (non-hydrogen) atoms. The molecule has 0 amide bonds. The van der Waals surface area contributed by atoms with Gasteiger partial charge in [0, 0.05) is 29.8 Å². The minimum atomic E-state index is -0.699. The van der Waals surface area contributed by atoms with E-state index >= 15 is 0 Å². The normalized spacial score (nSPS) is 10.4. The Morgan fingerprint density at radius 2 is 0.909 bits per heavy atom.